The number of rotatable bonds is 7. The molecule has 0 atom stereocenters. The van der Waals surface area contributed by atoms with Crippen LogP contribution in [0.2, 0.25) is 0 Å². The predicted octanol–water partition coefficient (Wildman–Crippen LogP) is -0.222. The highest BCUT2D eigenvalue weighted by Crippen LogP contribution is 1.96. The minimum absolute atomic E-state index is 0.000703. The molecule has 0 spiro atoms. The highest BCUT2D eigenvalue weighted by Gasteiger charge is 2.13. The van der Waals surface area contributed by atoms with Crippen molar-refractivity contribution in [1.82, 2.24) is 10.2 Å². The van der Waals surface area contributed by atoms with E-state index in [1.54, 1.807) is 6.92 Å². The molecule has 0 aromatic carbocycles. The van der Waals surface area contributed by atoms with Crippen LogP contribution < -0.4 is 5.32 Å². The van der Waals surface area contributed by atoms with E-state index in [4.69, 9.17) is 9.47 Å². The molecule has 6 nitrogen and oxygen atoms in total. The lowest BCUT2D eigenvalue weighted by molar-refractivity contribution is -0.143. The van der Waals surface area contributed by atoms with Crippen LogP contribution in [0.25, 0.3) is 0 Å². The summed E-state index contributed by atoms with van der Waals surface area (Å²) in [5.74, 6) is -0.208. The van der Waals surface area contributed by atoms with E-state index >= 15 is 0 Å². The second-order valence-corrected chi connectivity index (χ2v) is 4.15. The first-order chi connectivity index (χ1) is 8.72. The molecule has 0 radical (unpaired) electrons. The van der Waals surface area contributed by atoms with Gasteiger partial charge in [0.25, 0.3) is 0 Å². The molecule has 1 heterocycles. The fraction of sp³-hybridized carbons (Fsp3) is 0.833. The van der Waals surface area contributed by atoms with Crippen LogP contribution in [0.5, 0.6) is 0 Å². The van der Waals surface area contributed by atoms with Crippen molar-refractivity contribution in [3.8, 4) is 0 Å². The van der Waals surface area contributed by atoms with Crippen LogP contribution in [0.4, 0.5) is 0 Å². The molecule has 0 unspecified atom stereocenters. The van der Waals surface area contributed by atoms with E-state index in [1.165, 1.54) is 0 Å². The Hall–Kier alpha value is -1.14. The number of esters is 1. The molecule has 6 heteroatoms. The Kier molecular flexibility index (Phi) is 7.36. The zero-order valence-electron chi connectivity index (χ0n) is 10.9. The van der Waals surface area contributed by atoms with Crippen LogP contribution in [0.3, 0.4) is 0 Å². The van der Waals surface area contributed by atoms with Crippen LogP contribution in [0.1, 0.15) is 19.8 Å². The standard InChI is InChI=1S/C12H22N2O4/c1-2-18-12(16)4-3-5-13-11(15)10-14-6-8-17-9-7-14/h2-10H2,1H3,(H,13,15). The van der Waals surface area contributed by atoms with Crippen molar-refractivity contribution in [2.24, 2.45) is 0 Å². The van der Waals surface area contributed by atoms with E-state index < -0.39 is 0 Å². The van der Waals surface area contributed by atoms with Gasteiger partial charge in [-0.3, -0.25) is 14.5 Å². The van der Waals surface area contributed by atoms with E-state index in [2.05, 4.69) is 10.2 Å². The van der Waals surface area contributed by atoms with Crippen molar-refractivity contribution < 1.29 is 19.1 Å². The first-order valence-electron chi connectivity index (χ1n) is 6.44. The van der Waals surface area contributed by atoms with E-state index in [1.807, 2.05) is 0 Å². The van der Waals surface area contributed by atoms with Gasteiger partial charge >= 0.3 is 5.97 Å². The van der Waals surface area contributed by atoms with Crippen LogP contribution in [0.15, 0.2) is 0 Å². The molecular formula is C12H22N2O4. The number of amides is 1. The summed E-state index contributed by atoms with van der Waals surface area (Å²) in [6.07, 6.45) is 0.972. The molecule has 0 saturated carbocycles. The highest BCUT2D eigenvalue weighted by molar-refractivity contribution is 5.78. The van der Waals surface area contributed by atoms with Crippen LogP contribution >= 0.6 is 0 Å². The predicted molar refractivity (Wildman–Crippen MR) is 66.1 cm³/mol. The third-order valence-electron chi connectivity index (χ3n) is 2.66. The third-order valence-corrected chi connectivity index (χ3v) is 2.66. The van der Waals surface area contributed by atoms with Gasteiger partial charge < -0.3 is 14.8 Å². The van der Waals surface area contributed by atoms with E-state index in [0.717, 1.165) is 13.1 Å². The molecule has 1 amide bonds. The van der Waals surface area contributed by atoms with E-state index in [9.17, 15) is 9.59 Å². The second-order valence-electron chi connectivity index (χ2n) is 4.15. The molecule has 0 bridgehead atoms. The summed E-state index contributed by atoms with van der Waals surface area (Å²) in [4.78, 5) is 24.7. The summed E-state index contributed by atoms with van der Waals surface area (Å²) in [5, 5.41) is 2.80. The number of nitrogens with one attached hydrogen (secondary N) is 1. The van der Waals surface area contributed by atoms with Gasteiger partial charge in [0, 0.05) is 26.1 Å². The van der Waals surface area contributed by atoms with Gasteiger partial charge in [-0.1, -0.05) is 0 Å². The lowest BCUT2D eigenvalue weighted by Gasteiger charge is -2.25. The lowest BCUT2D eigenvalue weighted by atomic mass is 10.3. The number of nitrogens with zero attached hydrogens (tertiary/aromatic N) is 1. The Morgan fingerprint density at radius 1 is 1.33 bits per heavy atom. The largest absolute Gasteiger partial charge is 0.466 e. The minimum Gasteiger partial charge on any atom is -0.466 e. The van der Waals surface area contributed by atoms with Gasteiger partial charge in [-0.15, -0.1) is 0 Å². The highest BCUT2D eigenvalue weighted by atomic mass is 16.5. The molecule has 1 N–H and O–H groups in total. The number of morpholine rings is 1. The molecule has 1 aliphatic heterocycles. The third kappa shape index (κ3) is 6.56. The van der Waals surface area contributed by atoms with Crippen LogP contribution in [-0.2, 0) is 19.1 Å². The van der Waals surface area contributed by atoms with Gasteiger partial charge in [-0.2, -0.15) is 0 Å². The van der Waals surface area contributed by atoms with E-state index in [0.29, 0.717) is 45.8 Å². The fourth-order valence-electron chi connectivity index (χ4n) is 1.71. The Morgan fingerprint density at radius 2 is 2.06 bits per heavy atom. The Bertz CT molecular complexity index is 265. The maximum Gasteiger partial charge on any atom is 0.305 e. The van der Waals surface area contributed by atoms with Crippen LogP contribution in [-0.4, -0.2) is 62.8 Å². The number of hydrogen-bond acceptors (Lipinski definition) is 5. The topological polar surface area (TPSA) is 67.9 Å². The average Bonchev–Trinajstić information content (AvgIpc) is 2.36. The van der Waals surface area contributed by atoms with E-state index in [-0.39, 0.29) is 11.9 Å². The second kappa shape index (κ2) is 8.88. The normalized spacial score (nSPS) is 16.3. The summed E-state index contributed by atoms with van der Waals surface area (Å²) in [6, 6.07) is 0. The number of carbonyl (C=O) groups is 2. The molecule has 1 fully saturated rings. The lowest BCUT2D eigenvalue weighted by Crippen LogP contribution is -2.43. The molecule has 0 aromatic rings. The smallest absolute Gasteiger partial charge is 0.305 e. The summed E-state index contributed by atoms with van der Waals surface area (Å²) < 4.78 is 10.0. The van der Waals surface area contributed by atoms with Crippen LogP contribution in [0, 0.1) is 0 Å². The number of hydrogen-bond donors (Lipinski definition) is 1. The first kappa shape index (κ1) is 14.9. The van der Waals surface area contributed by atoms with Crippen molar-refractivity contribution >= 4 is 11.9 Å². The molecule has 1 rings (SSSR count). The maximum absolute atomic E-state index is 11.6. The Morgan fingerprint density at radius 3 is 2.72 bits per heavy atom. The van der Waals surface area contributed by atoms with Crippen molar-refractivity contribution in [3.63, 3.8) is 0 Å². The SMILES string of the molecule is CCOC(=O)CCCNC(=O)CN1CCOCC1. The van der Waals surface area contributed by atoms with Gasteiger partial charge in [0.2, 0.25) is 5.91 Å². The minimum atomic E-state index is -0.208. The summed E-state index contributed by atoms with van der Waals surface area (Å²) in [5.41, 5.74) is 0. The molecule has 104 valence electrons. The molecule has 0 aliphatic carbocycles. The van der Waals surface area contributed by atoms with Gasteiger partial charge in [-0.25, -0.2) is 0 Å². The van der Waals surface area contributed by atoms with Gasteiger partial charge in [0.1, 0.15) is 0 Å². The number of carbonyl (C=O) groups excluding carboxylic acids is 2. The monoisotopic (exact) mass is 258 g/mol. The van der Waals surface area contributed by atoms with Crippen molar-refractivity contribution in [2.75, 3.05) is 46.0 Å². The summed E-state index contributed by atoms with van der Waals surface area (Å²) in [7, 11) is 0. The van der Waals surface area contributed by atoms with Crippen molar-refractivity contribution in [3.05, 3.63) is 0 Å². The van der Waals surface area contributed by atoms with Gasteiger partial charge in [0.15, 0.2) is 0 Å². The number of ether oxygens (including phenoxy) is 2. The molecule has 18 heavy (non-hydrogen) atoms. The zero-order chi connectivity index (χ0) is 13.2. The Labute approximate surface area is 108 Å². The summed E-state index contributed by atoms with van der Waals surface area (Å²) in [6.45, 7) is 6.09. The van der Waals surface area contributed by atoms with Crippen molar-refractivity contribution in [2.45, 2.75) is 19.8 Å². The molecule has 0 aromatic heterocycles. The molecule has 1 saturated heterocycles. The fourth-order valence-corrected chi connectivity index (χ4v) is 1.71. The maximum atomic E-state index is 11.6. The average molecular weight is 258 g/mol. The molecular weight excluding hydrogens is 236 g/mol. The van der Waals surface area contributed by atoms with Gasteiger partial charge in [-0.05, 0) is 13.3 Å². The van der Waals surface area contributed by atoms with Crippen molar-refractivity contribution in [1.29, 1.82) is 0 Å². The first-order valence-corrected chi connectivity index (χ1v) is 6.44. The van der Waals surface area contributed by atoms with Gasteiger partial charge in [0.05, 0.1) is 26.4 Å². The zero-order valence-corrected chi connectivity index (χ0v) is 10.9. The Balaban J connectivity index is 2.01. The quantitative estimate of drug-likeness (QED) is 0.505. The molecule has 1 aliphatic rings. The summed E-state index contributed by atoms with van der Waals surface area (Å²) >= 11 is 0.